The smallest absolute Gasteiger partial charge is 0.262 e. The van der Waals surface area contributed by atoms with Gasteiger partial charge in [-0.3, -0.25) is 9.36 Å². The van der Waals surface area contributed by atoms with Crippen molar-refractivity contribution in [2.24, 2.45) is 0 Å². The zero-order chi connectivity index (χ0) is 18.6. The first-order valence-corrected chi connectivity index (χ1v) is 8.44. The molecule has 6 heteroatoms. The molecule has 3 aromatic carbocycles. The van der Waals surface area contributed by atoms with E-state index >= 15 is 0 Å². The number of benzene rings is 3. The molecule has 0 unspecified atom stereocenters. The Morgan fingerprint density at radius 2 is 1.74 bits per heavy atom. The Hall–Kier alpha value is -3.80. The van der Waals surface area contributed by atoms with Crippen molar-refractivity contribution in [2.45, 2.75) is 0 Å². The van der Waals surface area contributed by atoms with Crippen LogP contribution in [0.1, 0.15) is 0 Å². The van der Waals surface area contributed by atoms with Gasteiger partial charge in [0.05, 0.1) is 11.0 Å². The van der Waals surface area contributed by atoms with Crippen molar-refractivity contribution in [1.29, 1.82) is 0 Å². The summed E-state index contributed by atoms with van der Waals surface area (Å²) in [6.07, 6.45) is 1.78. The highest BCUT2D eigenvalue weighted by atomic mass is 16.5. The first kappa shape index (κ1) is 16.7. The highest BCUT2D eigenvalue weighted by molar-refractivity contribution is 5.92. The van der Waals surface area contributed by atoms with Gasteiger partial charge < -0.3 is 15.2 Å². The third kappa shape index (κ3) is 3.59. The summed E-state index contributed by atoms with van der Waals surface area (Å²) in [5, 5.41) is 12.4. The Morgan fingerprint density at radius 1 is 1.00 bits per heavy atom. The van der Waals surface area contributed by atoms with Gasteiger partial charge in [-0.1, -0.05) is 24.3 Å². The molecule has 0 aliphatic carbocycles. The lowest BCUT2D eigenvalue weighted by Gasteiger charge is -2.09. The predicted octanol–water partition coefficient (Wildman–Crippen LogP) is 3.75. The zero-order valence-corrected chi connectivity index (χ0v) is 14.4. The number of nitrogens with zero attached hydrogens (tertiary/aromatic N) is 2. The molecule has 1 aromatic heterocycles. The lowest BCUT2D eigenvalue weighted by molar-refractivity contribution is -0.118. The molecule has 4 aromatic rings. The van der Waals surface area contributed by atoms with E-state index in [-0.39, 0.29) is 24.0 Å². The molecule has 0 atom stereocenters. The number of carbonyl (C=O) groups is 1. The summed E-state index contributed by atoms with van der Waals surface area (Å²) in [6, 6.07) is 21.9. The van der Waals surface area contributed by atoms with Gasteiger partial charge in [-0.25, -0.2) is 4.98 Å². The van der Waals surface area contributed by atoms with E-state index in [1.165, 1.54) is 6.07 Å². The second kappa shape index (κ2) is 7.21. The summed E-state index contributed by atoms with van der Waals surface area (Å²) >= 11 is 0. The fourth-order valence-corrected chi connectivity index (χ4v) is 2.79. The Kier molecular flexibility index (Phi) is 4.45. The molecule has 0 radical (unpaired) electrons. The third-order valence-electron chi connectivity index (χ3n) is 4.11. The molecular formula is C21H17N3O3. The van der Waals surface area contributed by atoms with E-state index in [2.05, 4.69) is 10.3 Å². The monoisotopic (exact) mass is 359 g/mol. The molecule has 27 heavy (non-hydrogen) atoms. The Morgan fingerprint density at radius 3 is 2.56 bits per heavy atom. The van der Waals surface area contributed by atoms with Crippen molar-refractivity contribution in [2.75, 3.05) is 11.9 Å². The average Bonchev–Trinajstić information content (AvgIpc) is 3.12. The number of aromatic hydroxyl groups is 1. The maximum atomic E-state index is 12.1. The van der Waals surface area contributed by atoms with Crippen LogP contribution in [-0.4, -0.2) is 27.2 Å². The van der Waals surface area contributed by atoms with Crippen molar-refractivity contribution in [3.05, 3.63) is 79.1 Å². The molecule has 0 bridgehead atoms. The lowest BCUT2D eigenvalue weighted by atomic mass is 10.2. The Bertz CT molecular complexity index is 1090. The van der Waals surface area contributed by atoms with Crippen LogP contribution >= 0.6 is 0 Å². The molecule has 0 saturated heterocycles. The van der Waals surface area contributed by atoms with Crippen LogP contribution < -0.4 is 10.1 Å². The van der Waals surface area contributed by atoms with Gasteiger partial charge in [-0.2, -0.15) is 0 Å². The lowest BCUT2D eigenvalue weighted by Crippen LogP contribution is -2.20. The minimum absolute atomic E-state index is 0.00205. The van der Waals surface area contributed by atoms with E-state index in [1.807, 2.05) is 53.1 Å². The second-order valence-corrected chi connectivity index (χ2v) is 5.95. The minimum Gasteiger partial charge on any atom is -0.504 e. The van der Waals surface area contributed by atoms with Crippen LogP contribution in [0.2, 0.25) is 0 Å². The molecule has 0 spiro atoms. The molecule has 0 saturated carbocycles. The van der Waals surface area contributed by atoms with Crippen molar-refractivity contribution in [3.8, 4) is 17.2 Å². The van der Waals surface area contributed by atoms with E-state index in [0.717, 1.165) is 16.7 Å². The number of hydrogen-bond acceptors (Lipinski definition) is 4. The summed E-state index contributed by atoms with van der Waals surface area (Å²) in [7, 11) is 0. The van der Waals surface area contributed by atoms with Crippen LogP contribution in [0.3, 0.4) is 0 Å². The number of anilines is 1. The molecule has 4 rings (SSSR count). The van der Waals surface area contributed by atoms with Crippen molar-refractivity contribution < 1.29 is 14.6 Å². The normalized spacial score (nSPS) is 10.7. The molecule has 1 amide bonds. The van der Waals surface area contributed by atoms with Crippen molar-refractivity contribution in [3.63, 3.8) is 0 Å². The molecule has 6 nitrogen and oxygen atoms in total. The van der Waals surface area contributed by atoms with Gasteiger partial charge in [0.1, 0.15) is 6.33 Å². The summed E-state index contributed by atoms with van der Waals surface area (Å²) in [4.78, 5) is 16.4. The Balaban J connectivity index is 1.42. The number of phenolic OH excluding ortho intramolecular Hbond substituents is 1. The minimum atomic E-state index is -0.306. The van der Waals surface area contributed by atoms with Gasteiger partial charge in [0.25, 0.3) is 5.91 Å². The van der Waals surface area contributed by atoms with E-state index < -0.39 is 0 Å². The number of amides is 1. The Labute approximate surface area is 155 Å². The van der Waals surface area contributed by atoms with Crippen molar-refractivity contribution in [1.82, 2.24) is 9.55 Å². The topological polar surface area (TPSA) is 76.4 Å². The number of nitrogens with one attached hydrogen (secondary N) is 1. The fraction of sp³-hybridized carbons (Fsp3) is 0.0476. The molecule has 0 aliphatic rings. The van der Waals surface area contributed by atoms with E-state index in [9.17, 15) is 9.90 Å². The molecule has 0 fully saturated rings. The SMILES string of the molecule is O=C(COc1ccccc1O)Nc1ccc(-n2cnc3ccccc32)cc1. The highest BCUT2D eigenvalue weighted by Crippen LogP contribution is 2.24. The summed E-state index contributed by atoms with van der Waals surface area (Å²) < 4.78 is 7.32. The molecule has 134 valence electrons. The van der Waals surface area contributed by atoms with Gasteiger partial charge in [0.2, 0.25) is 0 Å². The highest BCUT2D eigenvalue weighted by Gasteiger charge is 2.07. The third-order valence-corrected chi connectivity index (χ3v) is 4.11. The number of hydrogen-bond donors (Lipinski definition) is 2. The van der Waals surface area contributed by atoms with Crippen LogP contribution in [0, 0.1) is 0 Å². The van der Waals surface area contributed by atoms with Crippen LogP contribution in [0.15, 0.2) is 79.1 Å². The van der Waals surface area contributed by atoms with Crippen LogP contribution in [-0.2, 0) is 4.79 Å². The fourth-order valence-electron chi connectivity index (χ4n) is 2.79. The van der Waals surface area contributed by atoms with Gasteiger partial charge in [0.15, 0.2) is 18.1 Å². The largest absolute Gasteiger partial charge is 0.504 e. The maximum absolute atomic E-state index is 12.1. The average molecular weight is 359 g/mol. The molecule has 2 N–H and O–H groups in total. The first-order valence-electron chi connectivity index (χ1n) is 8.44. The number of para-hydroxylation sites is 4. The quantitative estimate of drug-likeness (QED) is 0.569. The van der Waals surface area contributed by atoms with Crippen LogP contribution in [0.4, 0.5) is 5.69 Å². The second-order valence-electron chi connectivity index (χ2n) is 5.95. The van der Waals surface area contributed by atoms with E-state index in [4.69, 9.17) is 4.74 Å². The molecule has 0 aliphatic heterocycles. The number of rotatable bonds is 5. The molecular weight excluding hydrogens is 342 g/mol. The number of aromatic nitrogens is 2. The van der Waals surface area contributed by atoms with Gasteiger partial charge in [0, 0.05) is 11.4 Å². The summed E-state index contributed by atoms with van der Waals surface area (Å²) in [5.74, 6) is -0.0312. The number of carbonyl (C=O) groups excluding carboxylic acids is 1. The van der Waals surface area contributed by atoms with E-state index in [0.29, 0.717) is 5.69 Å². The number of ether oxygens (including phenoxy) is 1. The van der Waals surface area contributed by atoms with Gasteiger partial charge >= 0.3 is 0 Å². The van der Waals surface area contributed by atoms with Crippen LogP contribution in [0.5, 0.6) is 11.5 Å². The molecule has 1 heterocycles. The predicted molar refractivity (Wildman–Crippen MR) is 103 cm³/mol. The first-order chi connectivity index (χ1) is 13.2. The summed E-state index contributed by atoms with van der Waals surface area (Å²) in [6.45, 7) is -0.189. The number of imidazole rings is 1. The maximum Gasteiger partial charge on any atom is 0.262 e. The van der Waals surface area contributed by atoms with E-state index in [1.54, 1.807) is 24.5 Å². The number of phenols is 1. The number of fused-ring (bicyclic) bond motifs is 1. The van der Waals surface area contributed by atoms with Crippen molar-refractivity contribution >= 4 is 22.6 Å². The van der Waals surface area contributed by atoms with Crippen LogP contribution in [0.25, 0.3) is 16.7 Å². The van der Waals surface area contributed by atoms with Gasteiger partial charge in [-0.05, 0) is 48.5 Å². The van der Waals surface area contributed by atoms with Gasteiger partial charge in [-0.15, -0.1) is 0 Å². The zero-order valence-electron chi connectivity index (χ0n) is 14.4. The summed E-state index contributed by atoms with van der Waals surface area (Å²) in [5.41, 5.74) is 3.56. The standard InChI is InChI=1S/C21H17N3O3/c25-19-7-3-4-8-20(19)27-13-21(26)23-15-9-11-16(12-10-15)24-14-22-17-5-1-2-6-18(17)24/h1-12,14,25H,13H2,(H,23,26).